The summed E-state index contributed by atoms with van der Waals surface area (Å²) in [4.78, 5) is 0. The summed E-state index contributed by atoms with van der Waals surface area (Å²) in [6, 6.07) is 22.4. The highest BCUT2D eigenvalue weighted by Crippen LogP contribution is 2.44. The molecule has 0 bridgehead atoms. The smallest absolute Gasteiger partial charge is 0.122 e. The van der Waals surface area contributed by atoms with Crippen molar-refractivity contribution in [1.82, 2.24) is 0 Å². The summed E-state index contributed by atoms with van der Waals surface area (Å²) in [5.41, 5.74) is 9.67. The zero-order valence-corrected chi connectivity index (χ0v) is 18.1. The lowest BCUT2D eigenvalue weighted by Gasteiger charge is -2.25. The third-order valence-electron chi connectivity index (χ3n) is 6.79. The van der Waals surface area contributed by atoms with E-state index in [1.165, 1.54) is 77.3 Å². The number of ether oxygens (including phenoxy) is 2. The summed E-state index contributed by atoms with van der Waals surface area (Å²) in [5.74, 6) is 1.59. The van der Waals surface area contributed by atoms with Gasteiger partial charge in [-0.2, -0.15) is 0 Å². The number of hydrogen-bond acceptors (Lipinski definition) is 2. The van der Waals surface area contributed by atoms with Crippen LogP contribution >= 0.6 is 0 Å². The lowest BCUT2D eigenvalue weighted by molar-refractivity contribution is 0.178. The molecule has 5 rings (SSSR count). The fraction of sp³-hybridized carbons (Fsp3) is 0.310. The third kappa shape index (κ3) is 3.99. The van der Waals surface area contributed by atoms with Crippen molar-refractivity contribution in [3.63, 3.8) is 0 Å². The first-order valence-corrected chi connectivity index (χ1v) is 11.5. The minimum Gasteiger partial charge on any atom is -0.498 e. The lowest BCUT2D eigenvalue weighted by Crippen LogP contribution is -2.10. The van der Waals surface area contributed by atoms with Crippen LogP contribution in [0.2, 0.25) is 0 Å². The molecule has 31 heavy (non-hydrogen) atoms. The van der Waals surface area contributed by atoms with Crippen LogP contribution in [0.15, 0.2) is 73.5 Å². The maximum Gasteiger partial charge on any atom is 0.122 e. The molecular formula is C29H30O2. The van der Waals surface area contributed by atoms with Crippen molar-refractivity contribution >= 4 is 0 Å². The fourth-order valence-corrected chi connectivity index (χ4v) is 5.29. The van der Waals surface area contributed by atoms with Gasteiger partial charge < -0.3 is 9.47 Å². The molecule has 3 aromatic rings. The minimum absolute atomic E-state index is 0.528. The van der Waals surface area contributed by atoms with Crippen LogP contribution in [-0.4, -0.2) is 13.2 Å². The maximum atomic E-state index is 6.15. The first-order chi connectivity index (χ1) is 15.3. The van der Waals surface area contributed by atoms with E-state index in [4.69, 9.17) is 9.47 Å². The van der Waals surface area contributed by atoms with Gasteiger partial charge in [-0.1, -0.05) is 74.4 Å². The standard InChI is InChI=1S/C29H30O2/c1-2-30-17-18-31-29-16-15-23(19-27(29)21-9-4-3-5-10-21)25-13-8-14-26-24-12-7-6-11-22(24)20-28(25)26/h2,6-8,11-16,19,21H,1,3-5,9-10,17-18,20H2. The van der Waals surface area contributed by atoms with Crippen molar-refractivity contribution in [2.24, 2.45) is 0 Å². The largest absolute Gasteiger partial charge is 0.498 e. The van der Waals surface area contributed by atoms with Crippen molar-refractivity contribution in [3.05, 3.63) is 90.2 Å². The average Bonchev–Trinajstić information content (AvgIpc) is 3.21. The van der Waals surface area contributed by atoms with E-state index >= 15 is 0 Å². The Morgan fingerprint density at radius 3 is 2.52 bits per heavy atom. The highest BCUT2D eigenvalue weighted by atomic mass is 16.5. The average molecular weight is 411 g/mol. The first-order valence-electron chi connectivity index (χ1n) is 11.5. The molecule has 0 heterocycles. The molecule has 0 saturated heterocycles. The monoisotopic (exact) mass is 410 g/mol. The normalized spacial score (nSPS) is 15.2. The fourth-order valence-electron chi connectivity index (χ4n) is 5.29. The summed E-state index contributed by atoms with van der Waals surface area (Å²) in [6.45, 7) is 4.68. The molecule has 0 spiro atoms. The Hall–Kier alpha value is -3.00. The van der Waals surface area contributed by atoms with Gasteiger partial charge in [-0.15, -0.1) is 0 Å². The molecule has 0 aliphatic heterocycles. The quantitative estimate of drug-likeness (QED) is 0.232. The summed E-state index contributed by atoms with van der Waals surface area (Å²) in [6.07, 6.45) is 8.96. The molecular weight excluding hydrogens is 380 g/mol. The predicted molar refractivity (Wildman–Crippen MR) is 128 cm³/mol. The summed E-state index contributed by atoms with van der Waals surface area (Å²) in [5, 5.41) is 0. The van der Waals surface area contributed by atoms with Crippen LogP contribution in [0.4, 0.5) is 0 Å². The van der Waals surface area contributed by atoms with E-state index < -0.39 is 0 Å². The number of hydrogen-bond donors (Lipinski definition) is 0. The number of fused-ring (bicyclic) bond motifs is 3. The summed E-state index contributed by atoms with van der Waals surface area (Å²) in [7, 11) is 0. The zero-order chi connectivity index (χ0) is 21.0. The predicted octanol–water partition coefficient (Wildman–Crippen LogP) is 7.51. The number of benzene rings is 3. The van der Waals surface area contributed by atoms with Crippen molar-refractivity contribution in [1.29, 1.82) is 0 Å². The van der Waals surface area contributed by atoms with E-state index in [2.05, 4.69) is 67.2 Å². The molecule has 3 aromatic carbocycles. The van der Waals surface area contributed by atoms with Gasteiger partial charge in [-0.05, 0) is 76.3 Å². The second kappa shape index (κ2) is 9.01. The molecule has 2 nitrogen and oxygen atoms in total. The highest BCUT2D eigenvalue weighted by molar-refractivity contribution is 5.85. The Kier molecular flexibility index (Phi) is 5.80. The van der Waals surface area contributed by atoms with Crippen LogP contribution in [0.1, 0.15) is 54.7 Å². The van der Waals surface area contributed by atoms with Gasteiger partial charge in [0.15, 0.2) is 0 Å². The Morgan fingerprint density at radius 2 is 1.65 bits per heavy atom. The van der Waals surface area contributed by atoms with Crippen LogP contribution in [0, 0.1) is 0 Å². The molecule has 2 aliphatic rings. The highest BCUT2D eigenvalue weighted by Gasteiger charge is 2.23. The molecule has 1 saturated carbocycles. The van der Waals surface area contributed by atoms with Gasteiger partial charge in [-0.25, -0.2) is 0 Å². The zero-order valence-electron chi connectivity index (χ0n) is 18.1. The van der Waals surface area contributed by atoms with E-state index in [-0.39, 0.29) is 0 Å². The second-order valence-corrected chi connectivity index (χ2v) is 8.64. The van der Waals surface area contributed by atoms with Gasteiger partial charge >= 0.3 is 0 Å². The van der Waals surface area contributed by atoms with Crippen molar-refractivity contribution in [3.8, 4) is 28.0 Å². The molecule has 158 valence electrons. The van der Waals surface area contributed by atoms with Crippen molar-refractivity contribution < 1.29 is 9.47 Å². The lowest BCUT2D eigenvalue weighted by atomic mass is 9.82. The van der Waals surface area contributed by atoms with Crippen molar-refractivity contribution in [2.45, 2.75) is 44.4 Å². The van der Waals surface area contributed by atoms with Gasteiger partial charge in [0.25, 0.3) is 0 Å². The molecule has 0 amide bonds. The first kappa shape index (κ1) is 19.9. The van der Waals surface area contributed by atoms with Crippen LogP contribution in [0.25, 0.3) is 22.3 Å². The van der Waals surface area contributed by atoms with E-state index in [1.807, 2.05) is 0 Å². The van der Waals surface area contributed by atoms with E-state index in [0.717, 1.165) is 12.2 Å². The van der Waals surface area contributed by atoms with E-state index in [0.29, 0.717) is 19.1 Å². The number of rotatable bonds is 7. The molecule has 1 fully saturated rings. The van der Waals surface area contributed by atoms with Crippen LogP contribution in [0.3, 0.4) is 0 Å². The van der Waals surface area contributed by atoms with Crippen LogP contribution < -0.4 is 4.74 Å². The summed E-state index contributed by atoms with van der Waals surface area (Å²) >= 11 is 0. The van der Waals surface area contributed by atoms with Gasteiger partial charge in [0.2, 0.25) is 0 Å². The Balaban J connectivity index is 1.51. The van der Waals surface area contributed by atoms with Crippen LogP contribution in [0.5, 0.6) is 5.75 Å². The Morgan fingerprint density at radius 1 is 0.839 bits per heavy atom. The van der Waals surface area contributed by atoms with Crippen LogP contribution in [-0.2, 0) is 11.2 Å². The molecule has 0 unspecified atom stereocenters. The molecule has 0 N–H and O–H groups in total. The van der Waals surface area contributed by atoms with E-state index in [9.17, 15) is 0 Å². The van der Waals surface area contributed by atoms with E-state index in [1.54, 1.807) is 0 Å². The SMILES string of the molecule is C=COCCOc1ccc(-c2cccc3c2Cc2ccccc2-3)cc1C1CCCCC1. The van der Waals surface area contributed by atoms with Gasteiger partial charge in [-0.3, -0.25) is 0 Å². The second-order valence-electron chi connectivity index (χ2n) is 8.64. The topological polar surface area (TPSA) is 18.5 Å². The summed E-state index contributed by atoms with van der Waals surface area (Å²) < 4.78 is 11.4. The molecule has 0 atom stereocenters. The van der Waals surface area contributed by atoms with Gasteiger partial charge in [0, 0.05) is 0 Å². The maximum absolute atomic E-state index is 6.15. The van der Waals surface area contributed by atoms with Crippen molar-refractivity contribution in [2.75, 3.05) is 13.2 Å². The molecule has 0 aromatic heterocycles. The van der Waals surface area contributed by atoms with Gasteiger partial charge in [0.1, 0.15) is 19.0 Å². The van der Waals surface area contributed by atoms with Gasteiger partial charge in [0.05, 0.1) is 6.26 Å². The molecule has 2 heteroatoms. The Labute approximate surface area is 185 Å². The molecule has 2 aliphatic carbocycles. The molecule has 0 radical (unpaired) electrons. The minimum atomic E-state index is 0.528. The third-order valence-corrected chi connectivity index (χ3v) is 6.79. The Bertz CT molecular complexity index is 1080.